The third-order valence-electron chi connectivity index (χ3n) is 5.61. The predicted octanol–water partition coefficient (Wildman–Crippen LogP) is 5.36. The van der Waals surface area contributed by atoms with Crippen LogP contribution in [0.2, 0.25) is 0 Å². The van der Waals surface area contributed by atoms with Gasteiger partial charge in [-0.15, -0.1) is 0 Å². The van der Waals surface area contributed by atoms with E-state index >= 15 is 0 Å². The number of aromatic hydroxyl groups is 1. The number of hydrogen-bond donors (Lipinski definition) is 2. The summed E-state index contributed by atoms with van der Waals surface area (Å²) in [4.78, 5) is 8.35. The fourth-order valence-electron chi connectivity index (χ4n) is 3.78. The van der Waals surface area contributed by atoms with Gasteiger partial charge in [0.1, 0.15) is 11.4 Å². The molecule has 0 fully saturated rings. The summed E-state index contributed by atoms with van der Waals surface area (Å²) in [6.07, 6.45) is 0. The number of phenolic OH excluding ortho intramolecular Hbond substituents is 1. The fourth-order valence-corrected chi connectivity index (χ4v) is 4.73. The van der Waals surface area contributed by atoms with Crippen LogP contribution in [0.15, 0.2) is 107 Å². The molecule has 0 unspecified atom stereocenters. The highest BCUT2D eigenvalue weighted by molar-refractivity contribution is 8.13. The Kier molecular flexibility index (Phi) is 9.67. The Morgan fingerprint density at radius 2 is 1.50 bits per heavy atom. The molecule has 0 saturated heterocycles. The van der Waals surface area contributed by atoms with E-state index in [4.69, 9.17) is 4.99 Å². The molecule has 6 nitrogen and oxygen atoms in total. The van der Waals surface area contributed by atoms with Crippen LogP contribution >= 0.6 is 11.8 Å². The Hall–Kier alpha value is -3.62. The summed E-state index contributed by atoms with van der Waals surface area (Å²) in [6.45, 7) is 5.42. The van der Waals surface area contributed by atoms with E-state index < -0.39 is 0 Å². The number of benzene rings is 4. The van der Waals surface area contributed by atoms with E-state index in [1.54, 1.807) is 30.0 Å². The van der Waals surface area contributed by atoms with Crippen LogP contribution in [0.1, 0.15) is 22.3 Å². The first-order chi connectivity index (χ1) is 17.0. The van der Waals surface area contributed by atoms with Crippen molar-refractivity contribution in [2.45, 2.75) is 31.8 Å². The van der Waals surface area contributed by atoms with Crippen molar-refractivity contribution in [1.29, 1.82) is 0 Å². The molecule has 4 rings (SSSR count). The molecule has 186 valence electrons. The van der Waals surface area contributed by atoms with Crippen molar-refractivity contribution in [3.05, 3.63) is 125 Å². The predicted molar refractivity (Wildman–Crippen MR) is 148 cm³/mol. The molecule has 0 aliphatic carbocycles. The number of nitrogens with zero attached hydrogens (tertiary/aromatic N) is 2. The molecule has 0 aliphatic heterocycles. The average Bonchev–Trinajstić information content (AvgIpc) is 2.87. The standard InChI is InChI=1S/C29H29N3O2S.H2O/c1-21-12-17-28(22(2)18-21)35-29(30-26-10-6-7-11-27(26)31-34)32(19-23-8-4-3-5-9-23)20-24-13-15-25(33)16-14-24;/h3-18,33H,19-20,31H2,1-2H3;1H2. The second-order valence-electron chi connectivity index (χ2n) is 8.45. The number of amidine groups is 1. The van der Waals surface area contributed by atoms with Crippen molar-refractivity contribution >= 4 is 28.3 Å². The maximum absolute atomic E-state index is 11.7. The van der Waals surface area contributed by atoms with Crippen molar-refractivity contribution in [3.8, 4) is 5.75 Å². The second-order valence-corrected chi connectivity index (χ2v) is 9.46. The molecule has 0 aromatic heterocycles. The highest BCUT2D eigenvalue weighted by Crippen LogP contribution is 2.31. The number of thioether (sulfide) groups is 1. The highest BCUT2D eigenvalue weighted by atomic mass is 32.2. The molecule has 5 N–H and O–H groups in total. The Bertz CT molecular complexity index is 1290. The van der Waals surface area contributed by atoms with Gasteiger partial charge in [-0.3, -0.25) is 0 Å². The maximum atomic E-state index is 11.7. The zero-order valence-electron chi connectivity index (χ0n) is 20.4. The van der Waals surface area contributed by atoms with Crippen LogP contribution < -0.4 is 5.48 Å². The van der Waals surface area contributed by atoms with Crippen LogP contribution in [0.4, 0.5) is 11.4 Å². The van der Waals surface area contributed by atoms with Crippen LogP contribution in [0.3, 0.4) is 0 Å². The van der Waals surface area contributed by atoms with Gasteiger partial charge in [0, 0.05) is 24.1 Å². The lowest BCUT2D eigenvalue weighted by Crippen LogP contribution is -2.70. The smallest absolute Gasteiger partial charge is 0.170 e. The molecule has 0 saturated carbocycles. The fraction of sp³-hybridized carbons (Fsp3) is 0.138. The van der Waals surface area contributed by atoms with E-state index in [-0.39, 0.29) is 11.2 Å². The molecule has 0 bridgehead atoms. The van der Waals surface area contributed by atoms with Crippen LogP contribution in [-0.4, -0.2) is 20.7 Å². The summed E-state index contributed by atoms with van der Waals surface area (Å²) >= 11 is 1.60. The van der Waals surface area contributed by atoms with E-state index in [2.05, 4.69) is 49.1 Å². The van der Waals surface area contributed by atoms with Crippen LogP contribution in [0.25, 0.3) is 0 Å². The van der Waals surface area contributed by atoms with Crippen LogP contribution in [-0.2, 0) is 13.1 Å². The monoisotopic (exact) mass is 501 g/mol. The zero-order valence-corrected chi connectivity index (χ0v) is 21.2. The third kappa shape index (κ3) is 7.19. The molecule has 36 heavy (non-hydrogen) atoms. The number of aliphatic imine (C=N–C) groups is 1. The number of nitrogens with two attached hydrogens (primary N) is 1. The van der Waals surface area contributed by atoms with Crippen molar-refractivity contribution in [1.82, 2.24) is 4.90 Å². The maximum Gasteiger partial charge on any atom is 0.170 e. The molecule has 0 atom stereocenters. The van der Waals surface area contributed by atoms with Crippen molar-refractivity contribution in [2.75, 3.05) is 0 Å². The molecular formula is C29H31N3O3S. The van der Waals surface area contributed by atoms with Crippen LogP contribution in [0.5, 0.6) is 5.75 Å². The highest BCUT2D eigenvalue weighted by Gasteiger charge is 2.18. The summed E-state index contributed by atoms with van der Waals surface area (Å²) in [6, 6.07) is 31.3. The van der Waals surface area contributed by atoms with Crippen molar-refractivity contribution in [3.63, 3.8) is 0 Å². The topological polar surface area (TPSA) is 107 Å². The minimum atomic E-state index is 0. The van der Waals surface area contributed by atoms with E-state index in [0.29, 0.717) is 24.5 Å². The Morgan fingerprint density at radius 1 is 0.861 bits per heavy atom. The quantitative estimate of drug-likeness (QED) is 0.117. The van der Waals surface area contributed by atoms with Crippen molar-refractivity contribution in [2.24, 2.45) is 4.99 Å². The summed E-state index contributed by atoms with van der Waals surface area (Å²) < 4.78 is 0. The van der Waals surface area contributed by atoms with Gasteiger partial charge in [0.05, 0.1) is 0 Å². The molecule has 0 spiro atoms. The lowest BCUT2D eigenvalue weighted by atomic mass is 10.1. The molecule has 0 heterocycles. The SMILES string of the molecule is Cc1ccc(SC(=Nc2ccccc2[NH2+][O-])N(Cc2ccccc2)Cc2ccc(O)cc2)c(C)c1.O. The number of para-hydroxylation sites is 1. The zero-order chi connectivity index (χ0) is 24.6. The number of rotatable bonds is 7. The van der Waals surface area contributed by atoms with Crippen LogP contribution in [0, 0.1) is 19.1 Å². The first-order valence-electron chi connectivity index (χ1n) is 11.5. The summed E-state index contributed by atoms with van der Waals surface area (Å²) in [5.41, 5.74) is 6.63. The molecule has 0 aliphatic rings. The first-order valence-corrected chi connectivity index (χ1v) is 12.3. The number of hydrogen-bond acceptors (Lipinski definition) is 4. The van der Waals surface area contributed by atoms with Gasteiger partial charge in [0.2, 0.25) is 0 Å². The molecule has 7 heteroatoms. The number of phenols is 1. The van der Waals surface area contributed by atoms with Gasteiger partial charge < -0.3 is 26.2 Å². The van der Waals surface area contributed by atoms with Gasteiger partial charge in [0.25, 0.3) is 0 Å². The van der Waals surface area contributed by atoms with Gasteiger partial charge in [0.15, 0.2) is 10.9 Å². The third-order valence-corrected chi connectivity index (χ3v) is 6.82. The summed E-state index contributed by atoms with van der Waals surface area (Å²) in [7, 11) is 0. The normalized spacial score (nSPS) is 11.1. The minimum absolute atomic E-state index is 0. The molecule has 0 amide bonds. The number of aryl methyl sites for hydroxylation is 2. The molecular weight excluding hydrogens is 470 g/mol. The van der Waals surface area contributed by atoms with Gasteiger partial charge in [-0.1, -0.05) is 84.1 Å². The van der Waals surface area contributed by atoms with Gasteiger partial charge in [-0.05, 0) is 54.8 Å². The Morgan fingerprint density at radius 3 is 2.17 bits per heavy atom. The summed E-state index contributed by atoms with van der Waals surface area (Å²) in [5.74, 6) is 0.238. The lowest BCUT2D eigenvalue weighted by Gasteiger charge is -2.27. The first kappa shape index (κ1) is 27.0. The van der Waals surface area contributed by atoms with E-state index in [9.17, 15) is 10.3 Å². The molecule has 0 radical (unpaired) electrons. The largest absolute Gasteiger partial charge is 0.630 e. The van der Waals surface area contributed by atoms with E-state index in [0.717, 1.165) is 26.7 Å². The second kappa shape index (κ2) is 12.9. The molecule has 4 aromatic carbocycles. The molecule has 4 aromatic rings. The Labute approximate surface area is 216 Å². The number of quaternary nitrogens is 1. The average molecular weight is 502 g/mol. The van der Waals surface area contributed by atoms with E-state index in [1.807, 2.05) is 48.5 Å². The summed E-state index contributed by atoms with van der Waals surface area (Å²) in [5, 5.41) is 22.3. The van der Waals surface area contributed by atoms with Gasteiger partial charge in [-0.25, -0.2) is 4.99 Å². The minimum Gasteiger partial charge on any atom is -0.630 e. The van der Waals surface area contributed by atoms with Gasteiger partial charge in [-0.2, -0.15) is 0 Å². The Balaban J connectivity index is 0.00000361. The van der Waals surface area contributed by atoms with Gasteiger partial charge >= 0.3 is 0 Å². The van der Waals surface area contributed by atoms with Crippen molar-refractivity contribution < 1.29 is 16.1 Å². The van der Waals surface area contributed by atoms with E-state index in [1.165, 1.54) is 11.1 Å². The lowest BCUT2D eigenvalue weighted by molar-refractivity contribution is -0.496.